The summed E-state index contributed by atoms with van der Waals surface area (Å²) in [6.07, 6.45) is 5.84. The Morgan fingerprint density at radius 1 is 1.45 bits per heavy atom. The zero-order valence-corrected chi connectivity index (χ0v) is 12.3. The van der Waals surface area contributed by atoms with E-state index in [1.165, 1.54) is 4.57 Å². The number of anilines is 1. The Morgan fingerprint density at radius 3 is 2.85 bits per heavy atom. The topological polar surface area (TPSA) is 51.9 Å². The van der Waals surface area contributed by atoms with Crippen LogP contribution in [-0.2, 0) is 0 Å². The molecule has 1 N–H and O–H groups in total. The smallest absolute Gasteiger partial charge is 0.279 e. The molecule has 0 radical (unpaired) electrons. The third kappa shape index (κ3) is 2.58. The van der Waals surface area contributed by atoms with Crippen molar-refractivity contribution in [3.8, 4) is 5.82 Å². The van der Waals surface area contributed by atoms with Crippen molar-refractivity contribution in [3.05, 3.63) is 39.9 Å². The summed E-state index contributed by atoms with van der Waals surface area (Å²) >= 11 is 6.10. The van der Waals surface area contributed by atoms with Gasteiger partial charge in [0, 0.05) is 24.5 Å². The molecule has 1 aliphatic rings. The summed E-state index contributed by atoms with van der Waals surface area (Å²) < 4.78 is 3.41. The van der Waals surface area contributed by atoms with Gasteiger partial charge in [-0.3, -0.25) is 14.0 Å². The van der Waals surface area contributed by atoms with Gasteiger partial charge in [0.05, 0.1) is 11.1 Å². The van der Waals surface area contributed by atoms with Crippen LogP contribution < -0.4 is 10.9 Å². The molecule has 106 valence electrons. The maximum atomic E-state index is 12.4. The van der Waals surface area contributed by atoms with Gasteiger partial charge < -0.3 is 5.32 Å². The second-order valence-electron chi connectivity index (χ2n) is 5.43. The van der Waals surface area contributed by atoms with Crippen molar-refractivity contribution < 1.29 is 0 Å². The lowest BCUT2D eigenvalue weighted by Gasteiger charge is -2.11. The van der Waals surface area contributed by atoms with Crippen LogP contribution in [0.15, 0.2) is 29.3 Å². The Balaban J connectivity index is 2.02. The zero-order chi connectivity index (χ0) is 14.3. The summed E-state index contributed by atoms with van der Waals surface area (Å²) in [7, 11) is 0. The lowest BCUT2D eigenvalue weighted by molar-refractivity contribution is 0.633. The summed E-state index contributed by atoms with van der Waals surface area (Å²) in [5, 5.41) is 8.08. The molecule has 2 aromatic heterocycles. The van der Waals surface area contributed by atoms with Gasteiger partial charge in [-0.15, -0.1) is 0 Å². The highest BCUT2D eigenvalue weighted by Crippen LogP contribution is 2.34. The fourth-order valence-corrected chi connectivity index (χ4v) is 2.34. The van der Waals surface area contributed by atoms with E-state index in [9.17, 15) is 4.79 Å². The van der Waals surface area contributed by atoms with Crippen LogP contribution in [0.2, 0.25) is 5.02 Å². The molecule has 1 saturated carbocycles. The van der Waals surface area contributed by atoms with E-state index in [1.54, 1.807) is 12.3 Å². The van der Waals surface area contributed by atoms with E-state index in [2.05, 4.69) is 10.4 Å². The van der Waals surface area contributed by atoms with Crippen LogP contribution >= 0.6 is 11.6 Å². The second kappa shape index (κ2) is 4.98. The fraction of sp³-hybridized carbons (Fsp3) is 0.429. The standard InChI is InChI=1S/C14H17ClN4O/c1-9(2)16-12-7-10(15)8-18(14(12)20)13-5-6-19(17-13)11-3-4-11/h5-9,11,16H,3-4H2,1-2H3. The van der Waals surface area contributed by atoms with E-state index in [1.807, 2.05) is 30.8 Å². The summed E-state index contributed by atoms with van der Waals surface area (Å²) in [6, 6.07) is 4.15. The van der Waals surface area contributed by atoms with Gasteiger partial charge in [-0.05, 0) is 32.8 Å². The summed E-state index contributed by atoms with van der Waals surface area (Å²) in [5.41, 5.74) is 0.359. The van der Waals surface area contributed by atoms with Crippen LogP contribution in [0, 0.1) is 0 Å². The van der Waals surface area contributed by atoms with Crippen molar-refractivity contribution in [2.24, 2.45) is 0 Å². The molecule has 0 saturated heterocycles. The van der Waals surface area contributed by atoms with Crippen LogP contribution in [0.5, 0.6) is 0 Å². The molecule has 0 atom stereocenters. The van der Waals surface area contributed by atoms with Crippen molar-refractivity contribution in [2.45, 2.75) is 38.8 Å². The molecule has 0 amide bonds. The maximum Gasteiger partial charge on any atom is 0.279 e. The lowest BCUT2D eigenvalue weighted by Crippen LogP contribution is -2.25. The van der Waals surface area contributed by atoms with E-state index in [4.69, 9.17) is 11.6 Å². The molecule has 6 heteroatoms. The highest BCUT2D eigenvalue weighted by Gasteiger charge is 2.24. The summed E-state index contributed by atoms with van der Waals surface area (Å²) in [5.74, 6) is 0.608. The minimum atomic E-state index is -0.135. The molecule has 1 aliphatic carbocycles. The molecule has 0 spiro atoms. The number of hydrogen-bond donors (Lipinski definition) is 1. The van der Waals surface area contributed by atoms with Gasteiger partial charge in [0.2, 0.25) is 0 Å². The van der Waals surface area contributed by atoms with Crippen molar-refractivity contribution in [2.75, 3.05) is 5.32 Å². The average molecular weight is 293 g/mol. The van der Waals surface area contributed by atoms with Gasteiger partial charge in [0.1, 0.15) is 5.69 Å². The zero-order valence-electron chi connectivity index (χ0n) is 11.5. The quantitative estimate of drug-likeness (QED) is 0.943. The molecule has 0 bridgehead atoms. The van der Waals surface area contributed by atoms with Crippen molar-refractivity contribution >= 4 is 17.3 Å². The molecule has 0 aliphatic heterocycles. The van der Waals surface area contributed by atoms with Gasteiger partial charge >= 0.3 is 0 Å². The minimum Gasteiger partial charge on any atom is -0.378 e. The third-order valence-electron chi connectivity index (χ3n) is 3.19. The highest BCUT2D eigenvalue weighted by molar-refractivity contribution is 6.30. The van der Waals surface area contributed by atoms with Crippen LogP contribution in [-0.4, -0.2) is 20.4 Å². The van der Waals surface area contributed by atoms with Gasteiger partial charge in [0.15, 0.2) is 5.82 Å². The molecule has 0 unspecified atom stereocenters. The summed E-state index contributed by atoms with van der Waals surface area (Å²) in [6.45, 7) is 3.96. The van der Waals surface area contributed by atoms with E-state index in [0.717, 1.165) is 12.8 Å². The van der Waals surface area contributed by atoms with Crippen molar-refractivity contribution in [1.29, 1.82) is 0 Å². The first-order chi connectivity index (χ1) is 9.54. The van der Waals surface area contributed by atoms with Gasteiger partial charge in [-0.2, -0.15) is 5.10 Å². The minimum absolute atomic E-state index is 0.135. The number of nitrogens with zero attached hydrogens (tertiary/aromatic N) is 3. The van der Waals surface area contributed by atoms with Crippen LogP contribution in [0.25, 0.3) is 5.82 Å². The molecular formula is C14H17ClN4O. The van der Waals surface area contributed by atoms with E-state index >= 15 is 0 Å². The number of rotatable bonds is 4. The first-order valence-electron chi connectivity index (χ1n) is 6.79. The molecular weight excluding hydrogens is 276 g/mol. The lowest BCUT2D eigenvalue weighted by atomic mass is 10.3. The Hall–Kier alpha value is -1.75. The maximum absolute atomic E-state index is 12.4. The Labute approximate surface area is 122 Å². The molecule has 2 aromatic rings. The first kappa shape index (κ1) is 13.2. The highest BCUT2D eigenvalue weighted by atomic mass is 35.5. The molecule has 5 nitrogen and oxygen atoms in total. The first-order valence-corrected chi connectivity index (χ1v) is 7.16. The predicted molar refractivity (Wildman–Crippen MR) is 79.9 cm³/mol. The van der Waals surface area contributed by atoms with E-state index in [0.29, 0.717) is 22.6 Å². The molecule has 0 aromatic carbocycles. The number of aromatic nitrogens is 3. The summed E-state index contributed by atoms with van der Waals surface area (Å²) in [4.78, 5) is 12.4. The number of halogens is 1. The Morgan fingerprint density at radius 2 is 2.20 bits per heavy atom. The molecule has 3 rings (SSSR count). The predicted octanol–water partition coefficient (Wildman–Crippen LogP) is 2.84. The number of hydrogen-bond acceptors (Lipinski definition) is 3. The Kier molecular flexibility index (Phi) is 3.30. The van der Waals surface area contributed by atoms with Crippen molar-refractivity contribution in [3.63, 3.8) is 0 Å². The van der Waals surface area contributed by atoms with Gasteiger partial charge in [0.25, 0.3) is 5.56 Å². The Bertz CT molecular complexity index is 685. The fourth-order valence-electron chi connectivity index (χ4n) is 2.13. The number of nitrogens with one attached hydrogen (secondary N) is 1. The van der Waals surface area contributed by atoms with Crippen LogP contribution in [0.1, 0.15) is 32.7 Å². The van der Waals surface area contributed by atoms with Gasteiger partial charge in [-0.25, -0.2) is 0 Å². The molecule has 20 heavy (non-hydrogen) atoms. The van der Waals surface area contributed by atoms with E-state index in [-0.39, 0.29) is 11.6 Å². The monoisotopic (exact) mass is 292 g/mol. The number of pyridine rings is 1. The van der Waals surface area contributed by atoms with E-state index < -0.39 is 0 Å². The average Bonchev–Trinajstić information content (AvgIpc) is 3.11. The molecule has 1 fully saturated rings. The largest absolute Gasteiger partial charge is 0.378 e. The van der Waals surface area contributed by atoms with Gasteiger partial charge in [-0.1, -0.05) is 11.6 Å². The normalized spacial score (nSPS) is 14.8. The van der Waals surface area contributed by atoms with Crippen molar-refractivity contribution in [1.82, 2.24) is 14.3 Å². The second-order valence-corrected chi connectivity index (χ2v) is 5.87. The van der Waals surface area contributed by atoms with Crippen LogP contribution in [0.3, 0.4) is 0 Å². The third-order valence-corrected chi connectivity index (χ3v) is 3.40. The molecule has 2 heterocycles. The SMILES string of the molecule is CC(C)Nc1cc(Cl)cn(-c2ccn(C3CC3)n2)c1=O. The van der Waals surface area contributed by atoms with Crippen LogP contribution in [0.4, 0.5) is 5.69 Å².